The van der Waals surface area contributed by atoms with Gasteiger partial charge in [0.1, 0.15) is 17.9 Å². The van der Waals surface area contributed by atoms with Gasteiger partial charge in [0.25, 0.3) is 5.56 Å². The number of carbonyl (C=O) groups excluding carboxylic acids is 1. The Morgan fingerprint density at radius 2 is 2.00 bits per heavy atom. The molecule has 0 radical (unpaired) electrons. The number of methoxy groups -OCH3 is 1. The van der Waals surface area contributed by atoms with Crippen LogP contribution in [-0.4, -0.2) is 41.4 Å². The number of hydrogen-bond donors (Lipinski definition) is 2. The zero-order valence-electron chi connectivity index (χ0n) is 16.8. The van der Waals surface area contributed by atoms with Crippen molar-refractivity contribution in [2.75, 3.05) is 13.7 Å². The molecule has 4 atom stereocenters. The minimum Gasteiger partial charge on any atom is -0.468 e. The lowest BCUT2D eigenvalue weighted by Gasteiger charge is -2.24. The lowest BCUT2D eigenvalue weighted by Crippen LogP contribution is -2.35. The summed E-state index contributed by atoms with van der Waals surface area (Å²) in [6.07, 6.45) is 3.10. The van der Waals surface area contributed by atoms with Crippen LogP contribution in [0.4, 0.5) is 0 Å². The number of H-pyrrole nitrogens is 1. The van der Waals surface area contributed by atoms with Crippen molar-refractivity contribution >= 4 is 13.7 Å². The molecule has 0 saturated heterocycles. The number of hydrogen-bond acceptors (Lipinski definition) is 8. The van der Waals surface area contributed by atoms with Crippen molar-refractivity contribution in [1.29, 1.82) is 0 Å². The topological polar surface area (TPSA) is 138 Å². The lowest BCUT2D eigenvalue weighted by molar-refractivity contribution is -0.142. The van der Waals surface area contributed by atoms with E-state index in [4.69, 9.17) is 13.8 Å². The van der Waals surface area contributed by atoms with Crippen LogP contribution in [0.5, 0.6) is 5.75 Å². The quantitative estimate of drug-likeness (QED) is 0.329. The highest BCUT2D eigenvalue weighted by Crippen LogP contribution is 2.45. The van der Waals surface area contributed by atoms with Gasteiger partial charge in [0.15, 0.2) is 6.23 Å². The Kier molecular flexibility index (Phi) is 7.24. The molecule has 0 amide bonds. The van der Waals surface area contributed by atoms with Crippen molar-refractivity contribution in [3.05, 3.63) is 75.6 Å². The number of para-hydroxylation sites is 1. The van der Waals surface area contributed by atoms with Crippen molar-refractivity contribution in [3.63, 3.8) is 0 Å². The first-order valence-electron chi connectivity index (χ1n) is 9.30. The first kappa shape index (κ1) is 22.7. The molecule has 1 aliphatic rings. The van der Waals surface area contributed by atoms with E-state index in [1.807, 2.05) is 0 Å². The molecule has 0 aliphatic carbocycles. The first-order valence-corrected chi connectivity index (χ1v) is 10.8. The van der Waals surface area contributed by atoms with Gasteiger partial charge in [-0.1, -0.05) is 24.3 Å². The molecular formula is C19H22N3O8P. The van der Waals surface area contributed by atoms with Gasteiger partial charge in [-0.2, -0.15) is 5.09 Å². The van der Waals surface area contributed by atoms with Crippen LogP contribution in [0, 0.1) is 0 Å². The fourth-order valence-electron chi connectivity index (χ4n) is 2.72. The summed E-state index contributed by atoms with van der Waals surface area (Å²) in [7, 11) is -2.80. The van der Waals surface area contributed by atoms with Gasteiger partial charge in [0.2, 0.25) is 0 Å². The standard InChI is InChI=1S/C19H22N3O8P/c1-13(18(24)27-2)21-31(26,30-14-6-4-3-5-7-14)28-12-15-8-9-17(29-15)22-11-10-16(23)20-19(22)25/h3-11,13,15,17H,12H2,1-2H3,(H,21,26)(H,20,23,25)/t13-,15+,17-,31?/m1/s1. The molecule has 0 spiro atoms. The van der Waals surface area contributed by atoms with Gasteiger partial charge in [-0.3, -0.25) is 23.7 Å². The van der Waals surface area contributed by atoms with E-state index in [0.29, 0.717) is 0 Å². The molecule has 0 saturated carbocycles. The maximum absolute atomic E-state index is 13.3. The lowest BCUT2D eigenvalue weighted by atomic mass is 10.3. The molecule has 1 unspecified atom stereocenters. The maximum Gasteiger partial charge on any atom is 0.459 e. The average molecular weight is 451 g/mol. The maximum atomic E-state index is 13.3. The van der Waals surface area contributed by atoms with E-state index < -0.39 is 43.3 Å². The van der Waals surface area contributed by atoms with E-state index in [1.54, 1.807) is 42.5 Å². The summed E-state index contributed by atoms with van der Waals surface area (Å²) in [6.45, 7) is 1.26. The second-order valence-corrected chi connectivity index (χ2v) is 8.23. The summed E-state index contributed by atoms with van der Waals surface area (Å²) < 4.78 is 35.8. The normalized spacial score (nSPS) is 20.7. The number of aromatic amines is 1. The van der Waals surface area contributed by atoms with E-state index in [2.05, 4.69) is 14.8 Å². The monoisotopic (exact) mass is 451 g/mol. The second-order valence-electron chi connectivity index (χ2n) is 6.54. The molecule has 3 rings (SSSR count). The van der Waals surface area contributed by atoms with E-state index in [0.717, 1.165) is 0 Å². The molecule has 0 fully saturated rings. The Bertz CT molecular complexity index is 1100. The van der Waals surface area contributed by atoms with Crippen LogP contribution in [0.25, 0.3) is 0 Å². The molecule has 166 valence electrons. The molecule has 2 heterocycles. The van der Waals surface area contributed by atoms with Gasteiger partial charge in [0, 0.05) is 12.3 Å². The number of esters is 1. The van der Waals surface area contributed by atoms with Crippen LogP contribution in [-0.2, 0) is 23.4 Å². The SMILES string of the molecule is COC(=O)[C@@H](C)NP(=O)(OC[C@@H]1C=C[C@H](n2ccc(=O)[nH]c2=O)O1)Oc1ccccc1. The van der Waals surface area contributed by atoms with Crippen molar-refractivity contribution in [2.45, 2.75) is 25.3 Å². The number of nitrogens with zero attached hydrogens (tertiary/aromatic N) is 1. The highest BCUT2D eigenvalue weighted by atomic mass is 31.2. The molecule has 12 heteroatoms. The van der Waals surface area contributed by atoms with Crippen molar-refractivity contribution in [3.8, 4) is 5.75 Å². The largest absolute Gasteiger partial charge is 0.468 e. The Morgan fingerprint density at radius 1 is 1.26 bits per heavy atom. The predicted molar refractivity (Wildman–Crippen MR) is 110 cm³/mol. The summed E-state index contributed by atoms with van der Waals surface area (Å²) >= 11 is 0. The summed E-state index contributed by atoms with van der Waals surface area (Å²) in [5, 5.41) is 2.54. The van der Waals surface area contributed by atoms with Crippen LogP contribution in [0.2, 0.25) is 0 Å². The third kappa shape index (κ3) is 6.02. The predicted octanol–water partition coefficient (Wildman–Crippen LogP) is 1.34. The first-order chi connectivity index (χ1) is 14.8. The highest BCUT2D eigenvalue weighted by Gasteiger charge is 2.34. The van der Waals surface area contributed by atoms with Crippen LogP contribution in [0.15, 0.2) is 64.3 Å². The number of benzene rings is 1. The Hall–Kier alpha value is -2.98. The van der Waals surface area contributed by atoms with E-state index in [9.17, 15) is 18.9 Å². The number of aromatic nitrogens is 2. The minimum atomic E-state index is -4.01. The third-order valence-electron chi connectivity index (χ3n) is 4.21. The molecule has 2 N–H and O–H groups in total. The molecule has 0 bridgehead atoms. The van der Waals surface area contributed by atoms with Crippen molar-refractivity contribution in [1.82, 2.24) is 14.6 Å². The highest BCUT2D eigenvalue weighted by molar-refractivity contribution is 7.52. The molecule has 11 nitrogen and oxygen atoms in total. The van der Waals surface area contributed by atoms with Gasteiger partial charge in [0.05, 0.1) is 13.7 Å². The number of ether oxygens (including phenoxy) is 2. The second kappa shape index (κ2) is 9.88. The Morgan fingerprint density at radius 3 is 2.68 bits per heavy atom. The summed E-state index contributed by atoms with van der Waals surface area (Å²) in [5.74, 6) is -0.369. The summed E-state index contributed by atoms with van der Waals surface area (Å²) in [4.78, 5) is 37.0. The summed E-state index contributed by atoms with van der Waals surface area (Å²) in [6, 6.07) is 8.56. The number of nitrogens with one attached hydrogen (secondary N) is 2. The van der Waals surface area contributed by atoms with Gasteiger partial charge in [-0.05, 0) is 25.1 Å². The van der Waals surface area contributed by atoms with E-state index >= 15 is 0 Å². The Balaban J connectivity index is 1.68. The molecule has 1 aromatic heterocycles. The molecule has 31 heavy (non-hydrogen) atoms. The fourth-order valence-corrected chi connectivity index (χ4v) is 4.22. The van der Waals surface area contributed by atoms with Crippen molar-refractivity contribution < 1.29 is 27.9 Å². The van der Waals surface area contributed by atoms with E-state index in [1.165, 1.54) is 30.9 Å². The third-order valence-corrected chi connectivity index (χ3v) is 5.86. The van der Waals surface area contributed by atoms with E-state index in [-0.39, 0.29) is 12.4 Å². The van der Waals surface area contributed by atoms with Gasteiger partial charge < -0.3 is 14.0 Å². The zero-order valence-corrected chi connectivity index (χ0v) is 17.7. The van der Waals surface area contributed by atoms with Gasteiger partial charge in [-0.25, -0.2) is 9.36 Å². The fraction of sp³-hybridized carbons (Fsp3) is 0.316. The van der Waals surface area contributed by atoms with Crippen LogP contribution in [0.1, 0.15) is 13.2 Å². The van der Waals surface area contributed by atoms with Gasteiger partial charge >= 0.3 is 19.4 Å². The van der Waals surface area contributed by atoms with Crippen LogP contribution in [0.3, 0.4) is 0 Å². The van der Waals surface area contributed by atoms with Crippen molar-refractivity contribution in [2.24, 2.45) is 0 Å². The van der Waals surface area contributed by atoms with Gasteiger partial charge in [-0.15, -0.1) is 0 Å². The molecular weight excluding hydrogens is 429 g/mol. The number of rotatable bonds is 9. The summed E-state index contributed by atoms with van der Waals surface area (Å²) in [5.41, 5.74) is -1.15. The average Bonchev–Trinajstić information content (AvgIpc) is 3.21. The zero-order chi connectivity index (χ0) is 22.4. The molecule has 1 aromatic carbocycles. The van der Waals surface area contributed by atoms with Crippen LogP contribution < -0.4 is 20.9 Å². The number of carbonyl (C=O) groups is 1. The Labute approximate surface area is 177 Å². The van der Waals surface area contributed by atoms with Crippen LogP contribution >= 0.6 is 7.75 Å². The smallest absolute Gasteiger partial charge is 0.459 e. The molecule has 1 aliphatic heterocycles. The molecule has 2 aromatic rings. The minimum absolute atomic E-state index is 0.198.